The van der Waals surface area contributed by atoms with Crippen molar-refractivity contribution in [3.63, 3.8) is 0 Å². The van der Waals surface area contributed by atoms with Gasteiger partial charge in [-0.3, -0.25) is 9.48 Å². The second kappa shape index (κ2) is 7.36. The van der Waals surface area contributed by atoms with Gasteiger partial charge in [0.05, 0.1) is 16.1 Å². The van der Waals surface area contributed by atoms with Crippen LogP contribution in [0.2, 0.25) is 5.02 Å². The number of hydrogen-bond acceptors (Lipinski definition) is 3. The lowest BCUT2D eigenvalue weighted by atomic mass is 10.1. The molecule has 1 aromatic heterocycles. The number of nitrogens with two attached hydrogens (primary N) is 1. The largest absolute Gasteiger partial charge is 0.337 e. The van der Waals surface area contributed by atoms with Gasteiger partial charge in [-0.15, -0.1) is 12.4 Å². The van der Waals surface area contributed by atoms with Crippen molar-refractivity contribution in [1.82, 2.24) is 14.7 Å². The maximum absolute atomic E-state index is 13.0. The number of carbonyl (C=O) groups excluding carboxylic acids is 1. The molecule has 0 unspecified atom stereocenters. The summed E-state index contributed by atoms with van der Waals surface area (Å²) in [4.78, 5) is 14.8. The minimum atomic E-state index is -0.226. The van der Waals surface area contributed by atoms with Crippen LogP contribution in [0.25, 0.3) is 11.3 Å². The van der Waals surface area contributed by atoms with Crippen LogP contribution in [0.1, 0.15) is 37.6 Å². The number of rotatable bonds is 2. The highest BCUT2D eigenvalue weighted by Gasteiger charge is 2.30. The van der Waals surface area contributed by atoms with E-state index in [0.717, 1.165) is 12.0 Å². The molecule has 0 aliphatic carbocycles. The van der Waals surface area contributed by atoms with Gasteiger partial charge in [0.1, 0.15) is 5.69 Å². The van der Waals surface area contributed by atoms with Gasteiger partial charge in [-0.2, -0.15) is 5.10 Å². The van der Waals surface area contributed by atoms with Crippen LogP contribution in [0.4, 0.5) is 0 Å². The van der Waals surface area contributed by atoms with Crippen LogP contribution in [-0.4, -0.2) is 39.7 Å². The van der Waals surface area contributed by atoms with Gasteiger partial charge in [0.25, 0.3) is 5.91 Å². The van der Waals surface area contributed by atoms with Crippen LogP contribution in [0, 0.1) is 0 Å². The molecule has 136 valence electrons. The predicted octanol–water partition coefficient (Wildman–Crippen LogP) is 3.55. The summed E-state index contributed by atoms with van der Waals surface area (Å²) in [5.74, 6) is -0.0339. The van der Waals surface area contributed by atoms with Gasteiger partial charge < -0.3 is 10.6 Å². The lowest BCUT2D eigenvalue weighted by Gasteiger charge is -2.19. The maximum Gasteiger partial charge on any atom is 0.257 e. The van der Waals surface area contributed by atoms with Crippen LogP contribution >= 0.6 is 24.0 Å². The van der Waals surface area contributed by atoms with E-state index in [0.29, 0.717) is 29.4 Å². The Morgan fingerprint density at radius 3 is 2.56 bits per heavy atom. The molecule has 0 bridgehead atoms. The Hall–Kier alpha value is -1.56. The SMILES string of the molecule is CC(C)(C)n1cc(C(=O)N2CC[C@@H](N)C2)c(-c2ccccc2Cl)n1.Cl. The molecule has 0 radical (unpaired) electrons. The molecule has 2 N–H and O–H groups in total. The maximum atomic E-state index is 13.0. The Kier molecular flexibility index (Phi) is 5.82. The van der Waals surface area contributed by atoms with Gasteiger partial charge in [0, 0.05) is 30.9 Å². The fraction of sp³-hybridized carbons (Fsp3) is 0.444. The number of likely N-dealkylation sites (tertiary alicyclic amines) is 1. The predicted molar refractivity (Wildman–Crippen MR) is 103 cm³/mol. The molecule has 1 fully saturated rings. The van der Waals surface area contributed by atoms with Crippen molar-refractivity contribution in [1.29, 1.82) is 0 Å². The monoisotopic (exact) mass is 382 g/mol. The summed E-state index contributed by atoms with van der Waals surface area (Å²) in [5.41, 5.74) is 7.70. The van der Waals surface area contributed by atoms with Crippen molar-refractivity contribution in [3.8, 4) is 11.3 Å². The van der Waals surface area contributed by atoms with Gasteiger partial charge in [-0.25, -0.2) is 0 Å². The number of hydrogen-bond donors (Lipinski definition) is 1. The van der Waals surface area contributed by atoms with E-state index in [1.807, 2.05) is 35.1 Å². The standard InChI is InChI=1S/C18H23ClN4O.ClH/c1-18(2,3)23-11-14(17(24)22-9-8-12(20)10-22)16(21-23)13-6-4-5-7-15(13)19;/h4-7,11-12H,8-10,20H2,1-3H3;1H/t12-;/m1./s1. The average Bonchev–Trinajstić information content (AvgIpc) is 3.13. The van der Waals surface area contributed by atoms with E-state index in [2.05, 4.69) is 25.9 Å². The molecule has 2 aromatic rings. The molecule has 5 nitrogen and oxygen atoms in total. The van der Waals surface area contributed by atoms with Crippen molar-refractivity contribution in [2.24, 2.45) is 5.73 Å². The van der Waals surface area contributed by atoms with E-state index in [1.165, 1.54) is 0 Å². The van der Waals surface area contributed by atoms with Gasteiger partial charge in [0.2, 0.25) is 0 Å². The minimum Gasteiger partial charge on any atom is -0.337 e. The van der Waals surface area contributed by atoms with Crippen LogP contribution in [-0.2, 0) is 5.54 Å². The molecule has 1 atom stereocenters. The highest BCUT2D eigenvalue weighted by Crippen LogP contribution is 2.31. The first-order valence-electron chi connectivity index (χ1n) is 8.17. The lowest BCUT2D eigenvalue weighted by Crippen LogP contribution is -2.32. The van der Waals surface area contributed by atoms with Crippen LogP contribution in [0.15, 0.2) is 30.5 Å². The van der Waals surface area contributed by atoms with Crippen molar-refractivity contribution in [2.75, 3.05) is 13.1 Å². The molecular formula is C18H24Cl2N4O. The zero-order chi connectivity index (χ0) is 17.5. The molecule has 25 heavy (non-hydrogen) atoms. The van der Waals surface area contributed by atoms with Crippen molar-refractivity contribution in [2.45, 2.75) is 38.8 Å². The zero-order valence-electron chi connectivity index (χ0n) is 14.7. The molecule has 7 heteroatoms. The fourth-order valence-corrected chi connectivity index (χ4v) is 3.09. The van der Waals surface area contributed by atoms with E-state index in [1.54, 1.807) is 4.90 Å². The van der Waals surface area contributed by atoms with Crippen molar-refractivity contribution in [3.05, 3.63) is 41.0 Å². The van der Waals surface area contributed by atoms with Crippen molar-refractivity contribution < 1.29 is 4.79 Å². The summed E-state index contributed by atoms with van der Waals surface area (Å²) in [6.07, 6.45) is 2.66. The first-order valence-corrected chi connectivity index (χ1v) is 8.55. The molecule has 1 aliphatic heterocycles. The molecule has 1 saturated heterocycles. The third kappa shape index (κ3) is 4.00. The normalized spacial score (nSPS) is 17.5. The molecule has 1 aliphatic rings. The molecule has 0 spiro atoms. The first kappa shape index (κ1) is 19.8. The van der Waals surface area contributed by atoms with Crippen LogP contribution in [0.3, 0.4) is 0 Å². The summed E-state index contributed by atoms with van der Waals surface area (Å²) >= 11 is 6.35. The summed E-state index contributed by atoms with van der Waals surface area (Å²) < 4.78 is 1.83. The van der Waals surface area contributed by atoms with E-state index in [9.17, 15) is 4.79 Å². The quantitative estimate of drug-likeness (QED) is 0.863. The topological polar surface area (TPSA) is 64.2 Å². The van der Waals surface area contributed by atoms with Crippen LogP contribution in [0.5, 0.6) is 0 Å². The van der Waals surface area contributed by atoms with Crippen LogP contribution < -0.4 is 5.73 Å². The van der Waals surface area contributed by atoms with E-state index >= 15 is 0 Å². The van der Waals surface area contributed by atoms with E-state index < -0.39 is 0 Å². The number of nitrogens with zero attached hydrogens (tertiary/aromatic N) is 3. The minimum absolute atomic E-state index is 0. The Bertz CT molecular complexity index is 767. The fourth-order valence-electron chi connectivity index (χ4n) is 2.87. The highest BCUT2D eigenvalue weighted by molar-refractivity contribution is 6.33. The molecule has 1 aromatic carbocycles. The van der Waals surface area contributed by atoms with Crippen molar-refractivity contribution >= 4 is 29.9 Å². The van der Waals surface area contributed by atoms with Gasteiger partial charge >= 0.3 is 0 Å². The average molecular weight is 383 g/mol. The number of amides is 1. The molecule has 1 amide bonds. The molecule has 2 heterocycles. The summed E-state index contributed by atoms with van der Waals surface area (Å²) in [6, 6.07) is 7.53. The lowest BCUT2D eigenvalue weighted by molar-refractivity contribution is 0.0791. The van der Waals surface area contributed by atoms with E-state index in [-0.39, 0.29) is 29.9 Å². The Labute approximate surface area is 159 Å². The number of benzene rings is 1. The number of carbonyl (C=O) groups is 1. The first-order chi connectivity index (χ1) is 11.3. The molecule has 0 saturated carbocycles. The Morgan fingerprint density at radius 1 is 1.32 bits per heavy atom. The second-order valence-corrected chi connectivity index (χ2v) is 7.69. The molecule has 3 rings (SSSR count). The highest BCUT2D eigenvalue weighted by atomic mass is 35.5. The smallest absolute Gasteiger partial charge is 0.257 e. The van der Waals surface area contributed by atoms with Gasteiger partial charge in [-0.1, -0.05) is 29.8 Å². The Morgan fingerprint density at radius 2 is 2.00 bits per heavy atom. The molecular weight excluding hydrogens is 359 g/mol. The number of halogens is 2. The third-order valence-corrected chi connectivity index (χ3v) is 4.60. The van der Waals surface area contributed by atoms with Gasteiger partial charge in [-0.05, 0) is 33.3 Å². The van der Waals surface area contributed by atoms with E-state index in [4.69, 9.17) is 17.3 Å². The summed E-state index contributed by atoms with van der Waals surface area (Å²) in [7, 11) is 0. The Balaban J connectivity index is 0.00000225. The zero-order valence-corrected chi connectivity index (χ0v) is 16.3. The second-order valence-electron chi connectivity index (χ2n) is 7.29. The number of aromatic nitrogens is 2. The summed E-state index contributed by atoms with van der Waals surface area (Å²) in [6.45, 7) is 7.42. The third-order valence-electron chi connectivity index (χ3n) is 4.27. The van der Waals surface area contributed by atoms with Gasteiger partial charge in [0.15, 0.2) is 0 Å². The summed E-state index contributed by atoms with van der Waals surface area (Å²) in [5, 5.41) is 5.26.